The first-order valence-electron chi connectivity index (χ1n) is 7.33. The van der Waals surface area contributed by atoms with Crippen LogP contribution in [0.4, 0.5) is 5.69 Å². The molecule has 2 rings (SSSR count). The Morgan fingerprint density at radius 3 is 2.33 bits per heavy atom. The summed E-state index contributed by atoms with van der Waals surface area (Å²) in [7, 11) is 6.09. The maximum atomic E-state index is 5.59. The van der Waals surface area contributed by atoms with Crippen molar-refractivity contribution < 1.29 is 4.74 Å². The van der Waals surface area contributed by atoms with Crippen molar-refractivity contribution in [3.8, 4) is 5.75 Å². The Balaban J connectivity index is 2.28. The first-order chi connectivity index (χ1) is 10.2. The molecular weight excluding hydrogens is 260 g/mol. The zero-order chi connectivity index (χ0) is 15.2. The normalized spacial score (nSPS) is 12.0. The first-order valence-corrected chi connectivity index (χ1v) is 7.33. The van der Waals surface area contributed by atoms with Crippen molar-refractivity contribution in [1.82, 2.24) is 5.32 Å². The molecule has 0 amide bonds. The number of nitrogens with zero attached hydrogens (tertiary/aromatic N) is 1. The van der Waals surface area contributed by atoms with Crippen LogP contribution in [0.2, 0.25) is 0 Å². The Bertz CT molecular complexity index is 564. The molecule has 2 aromatic rings. The summed E-state index contributed by atoms with van der Waals surface area (Å²) in [5.74, 6) is 0.917. The lowest BCUT2D eigenvalue weighted by Crippen LogP contribution is -2.18. The van der Waals surface area contributed by atoms with Crippen molar-refractivity contribution in [2.24, 2.45) is 0 Å². The van der Waals surface area contributed by atoms with E-state index in [-0.39, 0.29) is 6.04 Å². The van der Waals surface area contributed by atoms with E-state index in [1.54, 1.807) is 0 Å². The molecule has 3 heteroatoms. The molecule has 0 aliphatic heterocycles. The fraction of sp³-hybridized carbons (Fsp3) is 0.333. The molecule has 1 unspecified atom stereocenters. The highest BCUT2D eigenvalue weighted by Gasteiger charge is 2.12. The van der Waals surface area contributed by atoms with Crippen molar-refractivity contribution in [1.29, 1.82) is 0 Å². The predicted octanol–water partition coefficient (Wildman–Crippen LogP) is 3.46. The second-order valence-electron chi connectivity index (χ2n) is 5.21. The van der Waals surface area contributed by atoms with Crippen LogP contribution in [0.1, 0.15) is 24.1 Å². The fourth-order valence-corrected chi connectivity index (χ4v) is 2.44. The number of hydrogen-bond acceptors (Lipinski definition) is 3. The average Bonchev–Trinajstić information content (AvgIpc) is 2.49. The molecule has 21 heavy (non-hydrogen) atoms. The predicted molar refractivity (Wildman–Crippen MR) is 89.3 cm³/mol. The van der Waals surface area contributed by atoms with E-state index in [1.807, 2.05) is 26.1 Å². The van der Waals surface area contributed by atoms with Crippen molar-refractivity contribution in [2.75, 3.05) is 32.6 Å². The van der Waals surface area contributed by atoms with Crippen LogP contribution < -0.4 is 15.0 Å². The van der Waals surface area contributed by atoms with Crippen molar-refractivity contribution in [3.05, 3.63) is 59.7 Å². The molecule has 0 aromatic heterocycles. The van der Waals surface area contributed by atoms with E-state index >= 15 is 0 Å². The second kappa shape index (κ2) is 7.14. The van der Waals surface area contributed by atoms with Crippen LogP contribution in [-0.4, -0.2) is 27.7 Å². The summed E-state index contributed by atoms with van der Waals surface area (Å²) < 4.78 is 5.59. The molecule has 3 nitrogen and oxygen atoms in total. The van der Waals surface area contributed by atoms with Gasteiger partial charge in [-0.15, -0.1) is 0 Å². The minimum absolute atomic E-state index is 0.168. The molecule has 0 radical (unpaired) electrons. The summed E-state index contributed by atoms with van der Waals surface area (Å²) in [5.41, 5.74) is 3.66. The SMILES string of the molecule is CCOc1cccc(C(NC)c2ccc(N(C)C)cc2)c1. The minimum atomic E-state index is 0.168. The molecule has 0 aliphatic carbocycles. The number of ether oxygens (including phenoxy) is 1. The van der Waals surface area contributed by atoms with Crippen LogP contribution in [-0.2, 0) is 0 Å². The summed E-state index contributed by atoms with van der Waals surface area (Å²) >= 11 is 0. The summed E-state index contributed by atoms with van der Waals surface area (Å²) in [6.45, 7) is 2.69. The molecule has 1 N–H and O–H groups in total. The van der Waals surface area contributed by atoms with Gasteiger partial charge in [-0.25, -0.2) is 0 Å². The first kappa shape index (κ1) is 15.4. The molecule has 0 aliphatic rings. The van der Waals surface area contributed by atoms with Crippen LogP contribution in [0.25, 0.3) is 0 Å². The zero-order valence-corrected chi connectivity index (χ0v) is 13.3. The van der Waals surface area contributed by atoms with Gasteiger partial charge in [-0.1, -0.05) is 24.3 Å². The average molecular weight is 284 g/mol. The molecule has 0 spiro atoms. The van der Waals surface area contributed by atoms with E-state index in [0.29, 0.717) is 6.61 Å². The highest BCUT2D eigenvalue weighted by atomic mass is 16.5. The van der Waals surface area contributed by atoms with E-state index in [4.69, 9.17) is 4.74 Å². The van der Waals surface area contributed by atoms with E-state index < -0.39 is 0 Å². The summed E-state index contributed by atoms with van der Waals surface area (Å²) in [4.78, 5) is 2.11. The zero-order valence-electron chi connectivity index (χ0n) is 13.3. The van der Waals surface area contributed by atoms with E-state index in [2.05, 4.69) is 60.7 Å². The van der Waals surface area contributed by atoms with Gasteiger partial charge in [-0.3, -0.25) is 0 Å². The number of nitrogens with one attached hydrogen (secondary N) is 1. The highest BCUT2D eigenvalue weighted by molar-refractivity contribution is 5.48. The van der Waals surface area contributed by atoms with Gasteiger partial charge < -0.3 is 15.0 Å². The third-order valence-electron chi connectivity index (χ3n) is 3.53. The second-order valence-corrected chi connectivity index (χ2v) is 5.21. The van der Waals surface area contributed by atoms with Gasteiger partial charge in [0.15, 0.2) is 0 Å². The number of rotatable bonds is 6. The van der Waals surface area contributed by atoms with Gasteiger partial charge in [-0.2, -0.15) is 0 Å². The molecule has 0 saturated carbocycles. The number of anilines is 1. The van der Waals surface area contributed by atoms with Crippen LogP contribution in [0.15, 0.2) is 48.5 Å². The van der Waals surface area contributed by atoms with Crippen molar-refractivity contribution in [3.63, 3.8) is 0 Å². The Labute approximate surface area is 127 Å². The Hall–Kier alpha value is -2.00. The molecule has 2 aromatic carbocycles. The molecule has 0 fully saturated rings. The lowest BCUT2D eigenvalue weighted by Gasteiger charge is -2.20. The minimum Gasteiger partial charge on any atom is -0.494 e. The standard InChI is InChI=1S/C18H24N2O/c1-5-21-17-8-6-7-15(13-17)18(19-2)14-9-11-16(12-10-14)20(3)4/h6-13,18-19H,5H2,1-4H3. The van der Waals surface area contributed by atoms with Gasteiger partial charge in [0.2, 0.25) is 0 Å². The molecule has 0 heterocycles. The summed E-state index contributed by atoms with van der Waals surface area (Å²) in [6, 6.07) is 17.1. The van der Waals surface area contributed by atoms with Gasteiger partial charge in [0.05, 0.1) is 12.6 Å². The van der Waals surface area contributed by atoms with E-state index in [1.165, 1.54) is 16.8 Å². The van der Waals surface area contributed by atoms with Crippen LogP contribution in [0, 0.1) is 0 Å². The van der Waals surface area contributed by atoms with Gasteiger partial charge in [0.1, 0.15) is 5.75 Å². The van der Waals surface area contributed by atoms with Gasteiger partial charge in [0, 0.05) is 19.8 Å². The van der Waals surface area contributed by atoms with Gasteiger partial charge in [-0.05, 0) is 49.4 Å². The lowest BCUT2D eigenvalue weighted by molar-refractivity contribution is 0.339. The molecule has 1 atom stereocenters. The topological polar surface area (TPSA) is 24.5 Å². The molecular formula is C18H24N2O. The van der Waals surface area contributed by atoms with Crippen molar-refractivity contribution >= 4 is 5.69 Å². The molecule has 0 saturated heterocycles. The monoisotopic (exact) mass is 284 g/mol. The van der Waals surface area contributed by atoms with Gasteiger partial charge in [0.25, 0.3) is 0 Å². The van der Waals surface area contributed by atoms with E-state index in [0.717, 1.165) is 5.75 Å². The largest absolute Gasteiger partial charge is 0.494 e. The maximum absolute atomic E-state index is 5.59. The summed E-state index contributed by atoms with van der Waals surface area (Å²) in [6.07, 6.45) is 0. The Morgan fingerprint density at radius 1 is 1.05 bits per heavy atom. The third kappa shape index (κ3) is 3.76. The molecule has 112 valence electrons. The Morgan fingerprint density at radius 2 is 1.76 bits per heavy atom. The lowest BCUT2D eigenvalue weighted by atomic mass is 9.98. The van der Waals surface area contributed by atoms with Crippen molar-refractivity contribution in [2.45, 2.75) is 13.0 Å². The van der Waals surface area contributed by atoms with Crippen LogP contribution in [0.5, 0.6) is 5.75 Å². The number of benzene rings is 2. The Kier molecular flexibility index (Phi) is 5.23. The summed E-state index contributed by atoms with van der Waals surface area (Å²) in [5, 5.41) is 3.38. The smallest absolute Gasteiger partial charge is 0.119 e. The number of hydrogen-bond donors (Lipinski definition) is 1. The maximum Gasteiger partial charge on any atom is 0.119 e. The van der Waals surface area contributed by atoms with Gasteiger partial charge >= 0.3 is 0 Å². The van der Waals surface area contributed by atoms with E-state index in [9.17, 15) is 0 Å². The van der Waals surface area contributed by atoms with Crippen LogP contribution >= 0.6 is 0 Å². The van der Waals surface area contributed by atoms with Crippen LogP contribution in [0.3, 0.4) is 0 Å². The quantitative estimate of drug-likeness (QED) is 0.879. The highest BCUT2D eigenvalue weighted by Crippen LogP contribution is 2.26. The third-order valence-corrected chi connectivity index (χ3v) is 3.53. The molecule has 0 bridgehead atoms. The fourth-order valence-electron chi connectivity index (χ4n) is 2.44.